The molecule has 1 saturated heterocycles. The van der Waals surface area contributed by atoms with Crippen molar-refractivity contribution in [3.8, 4) is 0 Å². The summed E-state index contributed by atoms with van der Waals surface area (Å²) in [5.74, 6) is 0.432. The second-order valence-electron chi connectivity index (χ2n) is 5.31. The van der Waals surface area contributed by atoms with Gasteiger partial charge in [-0.2, -0.15) is 0 Å². The Hall–Kier alpha value is -0.240. The normalized spacial score (nSPS) is 27.5. The molecule has 0 bridgehead atoms. The molecule has 0 saturated carbocycles. The first-order chi connectivity index (χ1) is 6.88. The fourth-order valence-electron chi connectivity index (χ4n) is 2.00. The molecule has 2 nitrogen and oxygen atoms in total. The van der Waals surface area contributed by atoms with Crippen LogP contribution in [0.4, 0.5) is 0 Å². The molecular weight excluding hydrogens is 210 g/mol. The number of likely N-dealkylation sites (tertiary alicyclic amines) is 1. The van der Waals surface area contributed by atoms with Crippen LogP contribution in [-0.4, -0.2) is 29.3 Å². The highest BCUT2D eigenvalue weighted by atomic mass is 35.5. The molecule has 3 heteroatoms. The van der Waals surface area contributed by atoms with Crippen molar-refractivity contribution in [3.05, 3.63) is 0 Å². The second-order valence-corrected chi connectivity index (χ2v) is 5.84. The molecule has 0 spiro atoms. The van der Waals surface area contributed by atoms with E-state index in [0.29, 0.717) is 0 Å². The van der Waals surface area contributed by atoms with Gasteiger partial charge in [0.15, 0.2) is 0 Å². The van der Waals surface area contributed by atoms with Crippen LogP contribution in [0.1, 0.15) is 40.5 Å². The average molecular weight is 232 g/mol. The maximum atomic E-state index is 12.0. The van der Waals surface area contributed by atoms with E-state index < -0.39 is 0 Å². The summed E-state index contributed by atoms with van der Waals surface area (Å²) < 4.78 is 0. The molecule has 0 radical (unpaired) electrons. The minimum absolute atomic E-state index is 0.0446. The zero-order valence-electron chi connectivity index (χ0n) is 10.2. The van der Waals surface area contributed by atoms with Crippen molar-refractivity contribution in [1.82, 2.24) is 4.90 Å². The van der Waals surface area contributed by atoms with Crippen molar-refractivity contribution < 1.29 is 4.79 Å². The minimum Gasteiger partial charge on any atom is -0.342 e. The lowest BCUT2D eigenvalue weighted by atomic mass is 9.83. The number of carbonyl (C=O) groups is 1. The van der Waals surface area contributed by atoms with Crippen molar-refractivity contribution in [2.24, 2.45) is 11.3 Å². The van der Waals surface area contributed by atoms with Gasteiger partial charge < -0.3 is 4.90 Å². The molecule has 1 heterocycles. The summed E-state index contributed by atoms with van der Waals surface area (Å²) in [5, 5.41) is 0.193. The van der Waals surface area contributed by atoms with E-state index in [1.165, 1.54) is 0 Å². The zero-order chi connectivity index (χ0) is 11.6. The molecule has 1 amide bonds. The number of rotatable bonds is 2. The van der Waals surface area contributed by atoms with Crippen LogP contribution in [0.15, 0.2) is 0 Å². The quantitative estimate of drug-likeness (QED) is 0.670. The van der Waals surface area contributed by atoms with E-state index in [-0.39, 0.29) is 22.6 Å². The molecule has 0 aromatic rings. The van der Waals surface area contributed by atoms with Crippen molar-refractivity contribution in [1.29, 1.82) is 0 Å². The van der Waals surface area contributed by atoms with Gasteiger partial charge >= 0.3 is 0 Å². The first kappa shape index (κ1) is 12.8. The maximum Gasteiger partial charge on any atom is 0.225 e. The van der Waals surface area contributed by atoms with Gasteiger partial charge in [-0.1, -0.05) is 27.7 Å². The minimum atomic E-state index is 0.0446. The van der Waals surface area contributed by atoms with Gasteiger partial charge in [0.25, 0.3) is 0 Å². The number of nitrogens with zero attached hydrogens (tertiary/aromatic N) is 1. The Balaban J connectivity index is 2.63. The van der Waals surface area contributed by atoms with E-state index in [1.807, 2.05) is 11.8 Å². The first-order valence-corrected chi connectivity index (χ1v) is 6.25. The third-order valence-electron chi connectivity index (χ3n) is 3.44. The van der Waals surface area contributed by atoms with Gasteiger partial charge in [-0.3, -0.25) is 4.79 Å². The van der Waals surface area contributed by atoms with Crippen molar-refractivity contribution in [2.45, 2.75) is 45.9 Å². The van der Waals surface area contributed by atoms with E-state index in [9.17, 15) is 4.79 Å². The third kappa shape index (κ3) is 2.87. The zero-order valence-corrected chi connectivity index (χ0v) is 11.0. The standard InChI is InChI=1S/C12H22ClNO/c1-5-9(2)11(15)14-7-6-10(13)12(3,4)8-14/h9-10H,5-8H2,1-4H3. The van der Waals surface area contributed by atoms with Gasteiger partial charge in [0, 0.05) is 24.4 Å². The number of alkyl halides is 1. The molecule has 0 aromatic carbocycles. The average Bonchev–Trinajstić information content (AvgIpc) is 2.19. The monoisotopic (exact) mass is 231 g/mol. The number of hydrogen-bond acceptors (Lipinski definition) is 1. The Labute approximate surface area is 98.0 Å². The molecule has 1 fully saturated rings. The smallest absolute Gasteiger partial charge is 0.225 e. The summed E-state index contributed by atoms with van der Waals surface area (Å²) in [7, 11) is 0. The molecule has 15 heavy (non-hydrogen) atoms. The van der Waals surface area contributed by atoms with E-state index in [1.54, 1.807) is 0 Å². The van der Waals surface area contributed by atoms with Crippen LogP contribution in [0.5, 0.6) is 0 Å². The summed E-state index contributed by atoms with van der Waals surface area (Å²) in [4.78, 5) is 14.0. The number of amides is 1. The topological polar surface area (TPSA) is 20.3 Å². The van der Waals surface area contributed by atoms with E-state index in [0.717, 1.165) is 25.9 Å². The van der Waals surface area contributed by atoms with Crippen LogP contribution in [0.2, 0.25) is 0 Å². The van der Waals surface area contributed by atoms with Gasteiger partial charge in [-0.15, -0.1) is 11.6 Å². The van der Waals surface area contributed by atoms with Crippen LogP contribution in [0, 0.1) is 11.3 Å². The largest absolute Gasteiger partial charge is 0.342 e. The number of halogens is 1. The van der Waals surface area contributed by atoms with Crippen molar-refractivity contribution in [3.63, 3.8) is 0 Å². The second kappa shape index (κ2) is 4.73. The van der Waals surface area contributed by atoms with Crippen molar-refractivity contribution in [2.75, 3.05) is 13.1 Å². The molecule has 1 aliphatic rings. The summed E-state index contributed by atoms with van der Waals surface area (Å²) in [6.45, 7) is 9.96. The van der Waals surface area contributed by atoms with Gasteiger partial charge in [0.05, 0.1) is 0 Å². The van der Waals surface area contributed by atoms with Crippen LogP contribution in [0.3, 0.4) is 0 Å². The number of hydrogen-bond donors (Lipinski definition) is 0. The summed E-state index contributed by atoms with van der Waals surface area (Å²) in [6.07, 6.45) is 1.83. The lowest BCUT2D eigenvalue weighted by Crippen LogP contribution is -2.50. The number of carbonyl (C=O) groups excluding carboxylic acids is 1. The first-order valence-electron chi connectivity index (χ1n) is 5.81. The SMILES string of the molecule is CCC(C)C(=O)N1CCC(Cl)C(C)(C)C1. The predicted molar refractivity (Wildman–Crippen MR) is 64.1 cm³/mol. The molecule has 2 unspecified atom stereocenters. The van der Waals surface area contributed by atoms with Crippen LogP contribution in [-0.2, 0) is 4.79 Å². The molecule has 0 aliphatic carbocycles. The Kier molecular flexibility index (Phi) is 4.05. The summed E-state index contributed by atoms with van der Waals surface area (Å²) >= 11 is 6.25. The summed E-state index contributed by atoms with van der Waals surface area (Å²) in [6, 6.07) is 0. The van der Waals surface area contributed by atoms with E-state index in [4.69, 9.17) is 11.6 Å². The van der Waals surface area contributed by atoms with Gasteiger partial charge in [0.2, 0.25) is 5.91 Å². The Bertz CT molecular complexity index is 240. The molecule has 2 atom stereocenters. The predicted octanol–water partition coefficient (Wildman–Crippen LogP) is 2.90. The number of piperidine rings is 1. The molecule has 1 aliphatic heterocycles. The van der Waals surface area contributed by atoms with Crippen molar-refractivity contribution >= 4 is 17.5 Å². The highest BCUT2D eigenvalue weighted by Crippen LogP contribution is 2.33. The Morgan fingerprint density at radius 1 is 1.60 bits per heavy atom. The molecule has 88 valence electrons. The van der Waals surface area contributed by atoms with Gasteiger partial charge in [-0.25, -0.2) is 0 Å². The van der Waals surface area contributed by atoms with Gasteiger partial charge in [0.1, 0.15) is 0 Å². The Morgan fingerprint density at radius 2 is 2.20 bits per heavy atom. The van der Waals surface area contributed by atoms with E-state index in [2.05, 4.69) is 20.8 Å². The van der Waals surface area contributed by atoms with Gasteiger partial charge in [-0.05, 0) is 18.3 Å². The molecule has 1 rings (SSSR count). The fraction of sp³-hybridized carbons (Fsp3) is 0.917. The molecular formula is C12H22ClNO. The van der Waals surface area contributed by atoms with E-state index >= 15 is 0 Å². The van der Waals surface area contributed by atoms with Crippen LogP contribution >= 0.6 is 11.6 Å². The maximum absolute atomic E-state index is 12.0. The van der Waals surface area contributed by atoms with Crippen LogP contribution in [0.25, 0.3) is 0 Å². The fourth-order valence-corrected chi connectivity index (χ4v) is 2.17. The highest BCUT2D eigenvalue weighted by molar-refractivity contribution is 6.21. The third-order valence-corrected chi connectivity index (χ3v) is 4.25. The van der Waals surface area contributed by atoms with Crippen LogP contribution < -0.4 is 0 Å². The lowest BCUT2D eigenvalue weighted by Gasteiger charge is -2.42. The Morgan fingerprint density at radius 3 is 2.67 bits per heavy atom. The summed E-state index contributed by atoms with van der Waals surface area (Å²) in [5.41, 5.74) is 0.0446. The molecule has 0 N–H and O–H groups in total. The highest BCUT2D eigenvalue weighted by Gasteiger charge is 2.36. The lowest BCUT2D eigenvalue weighted by molar-refractivity contribution is -0.138. The molecule has 0 aromatic heterocycles.